The molecule has 0 aromatic carbocycles. The molecule has 0 aromatic heterocycles. The molecule has 4 nitrogen and oxygen atoms in total. The van der Waals surface area contributed by atoms with Crippen molar-refractivity contribution < 1.29 is 4.79 Å². The zero-order chi connectivity index (χ0) is 12.2. The van der Waals surface area contributed by atoms with E-state index in [9.17, 15) is 4.79 Å². The summed E-state index contributed by atoms with van der Waals surface area (Å²) in [5.41, 5.74) is 5.65. The van der Waals surface area contributed by atoms with Crippen LogP contribution in [-0.4, -0.2) is 43.5 Å². The van der Waals surface area contributed by atoms with Gasteiger partial charge >= 0.3 is 0 Å². The molecule has 0 radical (unpaired) electrons. The van der Waals surface area contributed by atoms with Crippen molar-refractivity contribution in [1.82, 2.24) is 10.2 Å². The lowest BCUT2D eigenvalue weighted by Crippen LogP contribution is -2.51. The van der Waals surface area contributed by atoms with Gasteiger partial charge in [-0.3, -0.25) is 4.79 Å². The number of hydrogen-bond donors (Lipinski definition) is 2. The van der Waals surface area contributed by atoms with Crippen LogP contribution in [-0.2, 0) is 4.79 Å². The van der Waals surface area contributed by atoms with Gasteiger partial charge in [-0.25, -0.2) is 0 Å². The quantitative estimate of drug-likeness (QED) is 0.722. The SMILES string of the molecule is CC(CN)C(=O)NCC1(N(C)C)CCCC1. The Bertz CT molecular complexity index is 234. The molecule has 1 atom stereocenters. The van der Waals surface area contributed by atoms with Crippen molar-refractivity contribution >= 4 is 5.91 Å². The third-order valence-corrected chi connectivity index (χ3v) is 3.88. The second-order valence-electron chi connectivity index (χ2n) is 5.18. The van der Waals surface area contributed by atoms with Crippen LogP contribution in [0.2, 0.25) is 0 Å². The lowest BCUT2D eigenvalue weighted by Gasteiger charge is -2.36. The predicted octanol–water partition coefficient (Wildman–Crippen LogP) is 0.572. The van der Waals surface area contributed by atoms with E-state index in [2.05, 4.69) is 24.3 Å². The molecule has 94 valence electrons. The van der Waals surface area contributed by atoms with Crippen LogP contribution in [0.1, 0.15) is 32.6 Å². The Kier molecular flexibility index (Phi) is 4.74. The molecule has 0 heterocycles. The molecule has 1 fully saturated rings. The Morgan fingerprint density at radius 1 is 1.44 bits per heavy atom. The fourth-order valence-electron chi connectivity index (χ4n) is 2.35. The smallest absolute Gasteiger partial charge is 0.224 e. The normalized spacial score (nSPS) is 21.1. The van der Waals surface area contributed by atoms with Crippen LogP contribution in [0.15, 0.2) is 0 Å². The molecule has 0 aromatic rings. The summed E-state index contributed by atoms with van der Waals surface area (Å²) in [6.07, 6.45) is 4.88. The Morgan fingerprint density at radius 3 is 2.44 bits per heavy atom. The van der Waals surface area contributed by atoms with E-state index >= 15 is 0 Å². The Hall–Kier alpha value is -0.610. The van der Waals surface area contributed by atoms with Crippen molar-refractivity contribution in [2.45, 2.75) is 38.1 Å². The maximum atomic E-state index is 11.7. The van der Waals surface area contributed by atoms with Crippen LogP contribution in [0.3, 0.4) is 0 Å². The van der Waals surface area contributed by atoms with E-state index in [1.807, 2.05) is 6.92 Å². The van der Waals surface area contributed by atoms with Crippen molar-refractivity contribution in [2.75, 3.05) is 27.2 Å². The number of amides is 1. The van der Waals surface area contributed by atoms with Gasteiger partial charge in [-0.15, -0.1) is 0 Å². The van der Waals surface area contributed by atoms with E-state index in [1.165, 1.54) is 25.7 Å². The van der Waals surface area contributed by atoms with Gasteiger partial charge in [0.15, 0.2) is 0 Å². The molecule has 0 aliphatic heterocycles. The molecule has 0 saturated heterocycles. The molecule has 1 saturated carbocycles. The van der Waals surface area contributed by atoms with Crippen LogP contribution < -0.4 is 11.1 Å². The molecule has 16 heavy (non-hydrogen) atoms. The highest BCUT2D eigenvalue weighted by atomic mass is 16.1. The highest BCUT2D eigenvalue weighted by molar-refractivity contribution is 5.78. The van der Waals surface area contributed by atoms with Gasteiger partial charge < -0.3 is 16.0 Å². The number of carbonyl (C=O) groups is 1. The van der Waals surface area contributed by atoms with Gasteiger partial charge in [0.25, 0.3) is 0 Å². The first-order valence-corrected chi connectivity index (χ1v) is 6.17. The van der Waals surface area contributed by atoms with Crippen LogP contribution in [0.25, 0.3) is 0 Å². The minimum Gasteiger partial charge on any atom is -0.354 e. The summed E-state index contributed by atoms with van der Waals surface area (Å²) in [7, 11) is 4.20. The van der Waals surface area contributed by atoms with E-state index in [4.69, 9.17) is 5.73 Å². The number of nitrogens with zero attached hydrogens (tertiary/aromatic N) is 1. The van der Waals surface area contributed by atoms with E-state index in [1.54, 1.807) is 0 Å². The average molecular weight is 227 g/mol. The second kappa shape index (κ2) is 5.64. The second-order valence-corrected chi connectivity index (χ2v) is 5.18. The average Bonchev–Trinajstić information content (AvgIpc) is 2.74. The maximum Gasteiger partial charge on any atom is 0.224 e. The van der Waals surface area contributed by atoms with Gasteiger partial charge in [0, 0.05) is 24.5 Å². The molecule has 3 N–H and O–H groups in total. The van der Waals surface area contributed by atoms with Crippen molar-refractivity contribution in [3.8, 4) is 0 Å². The van der Waals surface area contributed by atoms with Gasteiger partial charge in [0.1, 0.15) is 0 Å². The number of nitrogens with one attached hydrogen (secondary N) is 1. The van der Waals surface area contributed by atoms with E-state index < -0.39 is 0 Å². The fraction of sp³-hybridized carbons (Fsp3) is 0.917. The van der Waals surface area contributed by atoms with Gasteiger partial charge in [0.05, 0.1) is 0 Å². The molecule has 0 spiro atoms. The van der Waals surface area contributed by atoms with E-state index in [-0.39, 0.29) is 17.4 Å². The van der Waals surface area contributed by atoms with Crippen LogP contribution in [0.5, 0.6) is 0 Å². The molecule has 4 heteroatoms. The number of carbonyl (C=O) groups excluding carboxylic acids is 1. The zero-order valence-electron chi connectivity index (χ0n) is 10.8. The summed E-state index contributed by atoms with van der Waals surface area (Å²) in [6.45, 7) is 3.04. The summed E-state index contributed by atoms with van der Waals surface area (Å²) < 4.78 is 0. The van der Waals surface area contributed by atoms with Crippen molar-refractivity contribution in [1.29, 1.82) is 0 Å². The number of likely N-dealkylation sites (N-methyl/N-ethyl adjacent to an activating group) is 1. The summed E-state index contributed by atoms with van der Waals surface area (Å²) >= 11 is 0. The minimum atomic E-state index is -0.0828. The number of nitrogens with two attached hydrogens (primary N) is 1. The zero-order valence-corrected chi connectivity index (χ0v) is 10.8. The summed E-state index contributed by atoms with van der Waals surface area (Å²) in [5, 5.41) is 3.04. The standard InChI is InChI=1S/C12H25N3O/c1-10(8-13)11(16)14-9-12(15(2)3)6-4-5-7-12/h10H,4-9,13H2,1-3H3,(H,14,16). The van der Waals surface area contributed by atoms with Crippen molar-refractivity contribution in [3.63, 3.8) is 0 Å². The maximum absolute atomic E-state index is 11.7. The number of rotatable bonds is 5. The molecular formula is C12H25N3O. The Balaban J connectivity index is 2.48. The third kappa shape index (κ3) is 2.95. The Labute approximate surface area is 98.6 Å². The van der Waals surface area contributed by atoms with E-state index in [0.717, 1.165) is 6.54 Å². The van der Waals surface area contributed by atoms with Gasteiger partial charge in [-0.2, -0.15) is 0 Å². The number of hydrogen-bond acceptors (Lipinski definition) is 3. The highest BCUT2D eigenvalue weighted by Gasteiger charge is 2.36. The minimum absolute atomic E-state index is 0.0793. The first-order chi connectivity index (χ1) is 7.52. The first-order valence-electron chi connectivity index (χ1n) is 6.17. The van der Waals surface area contributed by atoms with Crippen molar-refractivity contribution in [2.24, 2.45) is 11.7 Å². The first kappa shape index (κ1) is 13.5. The van der Waals surface area contributed by atoms with Crippen LogP contribution >= 0.6 is 0 Å². The van der Waals surface area contributed by atoms with Gasteiger partial charge in [-0.05, 0) is 26.9 Å². The molecule has 1 unspecified atom stereocenters. The topological polar surface area (TPSA) is 58.4 Å². The van der Waals surface area contributed by atoms with Crippen molar-refractivity contribution in [3.05, 3.63) is 0 Å². The third-order valence-electron chi connectivity index (χ3n) is 3.88. The van der Waals surface area contributed by atoms with Gasteiger partial charge in [-0.1, -0.05) is 19.8 Å². The van der Waals surface area contributed by atoms with Gasteiger partial charge in [0.2, 0.25) is 5.91 Å². The summed E-state index contributed by atoms with van der Waals surface area (Å²) in [5.74, 6) is -0.00348. The molecule has 1 aliphatic rings. The summed E-state index contributed by atoms with van der Waals surface area (Å²) in [4.78, 5) is 13.9. The lowest BCUT2D eigenvalue weighted by molar-refractivity contribution is -0.124. The van der Waals surface area contributed by atoms with Crippen LogP contribution in [0, 0.1) is 5.92 Å². The molecular weight excluding hydrogens is 202 g/mol. The fourth-order valence-corrected chi connectivity index (χ4v) is 2.35. The molecule has 1 amide bonds. The molecule has 0 bridgehead atoms. The van der Waals surface area contributed by atoms with E-state index in [0.29, 0.717) is 6.54 Å². The largest absolute Gasteiger partial charge is 0.354 e. The lowest BCUT2D eigenvalue weighted by atomic mass is 9.95. The Morgan fingerprint density at radius 2 is 2.00 bits per heavy atom. The predicted molar refractivity (Wildman–Crippen MR) is 66.1 cm³/mol. The molecule has 1 rings (SSSR count). The molecule has 1 aliphatic carbocycles. The monoisotopic (exact) mass is 227 g/mol. The highest BCUT2D eigenvalue weighted by Crippen LogP contribution is 2.33. The van der Waals surface area contributed by atoms with Crippen LogP contribution in [0.4, 0.5) is 0 Å². The summed E-state index contributed by atoms with van der Waals surface area (Å²) in [6, 6.07) is 0.